The van der Waals surface area contributed by atoms with Crippen molar-refractivity contribution in [3.05, 3.63) is 0 Å². The fraction of sp³-hybridized carbons (Fsp3) is 1.00. The second kappa shape index (κ2) is 11.4. The van der Waals surface area contributed by atoms with Crippen LogP contribution in [-0.4, -0.2) is 100 Å². The quantitative estimate of drug-likeness (QED) is 0.485. The summed E-state index contributed by atoms with van der Waals surface area (Å²) in [5, 5.41) is 0. The number of rotatable bonds is 14. The van der Waals surface area contributed by atoms with E-state index in [0.717, 1.165) is 24.9 Å². The average molecular weight is 327 g/mol. The topological polar surface area (TPSA) is 13.0 Å². The number of nitrogens with zero attached hydrogens (tertiary/aromatic N) is 4. The molecule has 1 aliphatic carbocycles. The molecule has 1 saturated carbocycles. The molecule has 0 aliphatic heterocycles. The second-order valence-electron chi connectivity index (χ2n) is 7.78. The van der Waals surface area contributed by atoms with Crippen LogP contribution in [0.4, 0.5) is 0 Å². The lowest BCUT2D eigenvalue weighted by Crippen LogP contribution is -2.29. The van der Waals surface area contributed by atoms with Crippen molar-refractivity contribution < 1.29 is 0 Å². The van der Waals surface area contributed by atoms with E-state index in [1.165, 1.54) is 58.5 Å². The molecule has 1 aliphatic rings. The molecule has 1 fully saturated rings. The Balaban J connectivity index is 2.03. The minimum absolute atomic E-state index is 0.949. The first-order chi connectivity index (χ1) is 11.0. The largest absolute Gasteiger partial charge is 0.307 e. The molecule has 0 saturated heterocycles. The van der Waals surface area contributed by atoms with Gasteiger partial charge in [-0.1, -0.05) is 13.8 Å². The van der Waals surface area contributed by atoms with E-state index in [4.69, 9.17) is 0 Å². The Hall–Kier alpha value is -0.160. The lowest BCUT2D eigenvalue weighted by molar-refractivity contribution is 0.256. The van der Waals surface area contributed by atoms with Crippen molar-refractivity contribution in [3.63, 3.8) is 0 Å². The molecule has 1 rings (SSSR count). The first-order valence-electron chi connectivity index (χ1n) is 9.70. The Labute approximate surface area is 145 Å². The van der Waals surface area contributed by atoms with E-state index in [0.29, 0.717) is 0 Å². The van der Waals surface area contributed by atoms with Crippen molar-refractivity contribution in [1.29, 1.82) is 0 Å². The zero-order chi connectivity index (χ0) is 17.2. The summed E-state index contributed by atoms with van der Waals surface area (Å²) in [5.41, 5.74) is 0. The maximum atomic E-state index is 2.55. The molecule has 0 aromatic heterocycles. The number of hydrogen-bond donors (Lipinski definition) is 0. The molecule has 0 radical (unpaired) electrons. The van der Waals surface area contributed by atoms with Crippen LogP contribution in [0.2, 0.25) is 0 Å². The minimum Gasteiger partial charge on any atom is -0.307 e. The van der Waals surface area contributed by atoms with Gasteiger partial charge < -0.3 is 19.6 Å². The molecule has 0 heterocycles. The Bertz CT molecular complexity index is 269. The molecule has 4 heteroatoms. The zero-order valence-electron chi connectivity index (χ0n) is 16.7. The maximum absolute atomic E-state index is 2.55. The predicted molar refractivity (Wildman–Crippen MR) is 102 cm³/mol. The highest BCUT2D eigenvalue weighted by atomic mass is 15.1. The molecule has 2 unspecified atom stereocenters. The normalized spacial score (nSPS) is 21.1. The highest BCUT2D eigenvalue weighted by molar-refractivity contribution is 4.89. The smallest absolute Gasteiger partial charge is 0.000986 e. The fourth-order valence-electron chi connectivity index (χ4n) is 3.28. The van der Waals surface area contributed by atoms with Gasteiger partial charge in [-0.2, -0.15) is 0 Å². The summed E-state index contributed by atoms with van der Waals surface area (Å²) in [5.74, 6) is 1.90. The van der Waals surface area contributed by atoms with Crippen LogP contribution in [0.25, 0.3) is 0 Å². The van der Waals surface area contributed by atoms with E-state index >= 15 is 0 Å². The second-order valence-corrected chi connectivity index (χ2v) is 7.78. The van der Waals surface area contributed by atoms with Crippen LogP contribution in [0.15, 0.2) is 0 Å². The van der Waals surface area contributed by atoms with Crippen LogP contribution in [0.1, 0.15) is 33.1 Å². The van der Waals surface area contributed by atoms with Gasteiger partial charge in [0, 0.05) is 13.1 Å². The molecule has 4 nitrogen and oxygen atoms in total. The predicted octanol–water partition coefficient (Wildman–Crippen LogP) is 2.17. The molecule has 0 bridgehead atoms. The summed E-state index contributed by atoms with van der Waals surface area (Å²) >= 11 is 0. The van der Waals surface area contributed by atoms with Gasteiger partial charge in [-0.05, 0) is 98.6 Å². The Morgan fingerprint density at radius 3 is 1.30 bits per heavy atom. The Kier molecular flexibility index (Phi) is 10.4. The van der Waals surface area contributed by atoms with Gasteiger partial charge in [0.15, 0.2) is 0 Å². The van der Waals surface area contributed by atoms with Crippen LogP contribution in [0.5, 0.6) is 0 Å². The maximum Gasteiger partial charge on any atom is 0.000986 e. The van der Waals surface area contributed by atoms with E-state index in [2.05, 4.69) is 61.6 Å². The molecule has 23 heavy (non-hydrogen) atoms. The number of hydrogen-bond acceptors (Lipinski definition) is 4. The molecule has 0 aromatic rings. The van der Waals surface area contributed by atoms with E-state index in [9.17, 15) is 0 Å². The highest BCUT2D eigenvalue weighted by Gasteiger charge is 2.37. The summed E-state index contributed by atoms with van der Waals surface area (Å²) in [4.78, 5) is 9.89. The van der Waals surface area contributed by atoms with E-state index in [-0.39, 0.29) is 0 Å². The summed E-state index contributed by atoms with van der Waals surface area (Å²) in [6, 6.07) is 0. The first-order valence-corrected chi connectivity index (χ1v) is 9.70. The van der Waals surface area contributed by atoms with Gasteiger partial charge in [0.25, 0.3) is 0 Å². The molecule has 138 valence electrons. The summed E-state index contributed by atoms with van der Waals surface area (Å²) in [7, 11) is 9.02. The van der Waals surface area contributed by atoms with Gasteiger partial charge in [0.2, 0.25) is 0 Å². The Morgan fingerprint density at radius 1 is 0.609 bits per heavy atom. The van der Waals surface area contributed by atoms with Gasteiger partial charge in [0.1, 0.15) is 0 Å². The van der Waals surface area contributed by atoms with Gasteiger partial charge in [-0.15, -0.1) is 0 Å². The van der Waals surface area contributed by atoms with Crippen molar-refractivity contribution in [3.8, 4) is 0 Å². The minimum atomic E-state index is 0.949. The van der Waals surface area contributed by atoms with Crippen molar-refractivity contribution in [2.75, 3.05) is 80.5 Å². The van der Waals surface area contributed by atoms with Gasteiger partial charge >= 0.3 is 0 Å². The van der Waals surface area contributed by atoms with Crippen molar-refractivity contribution >= 4 is 0 Å². The molecule has 0 spiro atoms. The lowest BCUT2D eigenvalue weighted by Gasteiger charge is -2.21. The molecule has 0 aromatic carbocycles. The van der Waals surface area contributed by atoms with E-state index in [1.807, 2.05) is 0 Å². The molecule has 0 N–H and O–H groups in total. The van der Waals surface area contributed by atoms with Gasteiger partial charge in [-0.3, -0.25) is 0 Å². The van der Waals surface area contributed by atoms with Crippen LogP contribution < -0.4 is 0 Å². The van der Waals surface area contributed by atoms with Crippen LogP contribution in [-0.2, 0) is 0 Å². The SMILES string of the molecule is CCN(C)CCCN(C)CC1CC1CN(C)CCCN(C)CC. The van der Waals surface area contributed by atoms with E-state index in [1.54, 1.807) is 0 Å². The van der Waals surface area contributed by atoms with Crippen molar-refractivity contribution in [2.45, 2.75) is 33.1 Å². The molecular formula is C19H42N4. The van der Waals surface area contributed by atoms with Crippen LogP contribution in [0, 0.1) is 11.8 Å². The third kappa shape index (κ3) is 9.65. The molecular weight excluding hydrogens is 284 g/mol. The lowest BCUT2D eigenvalue weighted by atomic mass is 10.2. The average Bonchev–Trinajstić information content (AvgIpc) is 3.23. The molecule has 0 amide bonds. The van der Waals surface area contributed by atoms with E-state index < -0.39 is 0 Å². The van der Waals surface area contributed by atoms with Crippen molar-refractivity contribution in [2.24, 2.45) is 11.8 Å². The van der Waals surface area contributed by atoms with Gasteiger partial charge in [-0.25, -0.2) is 0 Å². The highest BCUT2D eigenvalue weighted by Crippen LogP contribution is 2.39. The first kappa shape index (κ1) is 20.9. The Morgan fingerprint density at radius 2 is 0.957 bits per heavy atom. The van der Waals surface area contributed by atoms with Gasteiger partial charge in [0.05, 0.1) is 0 Å². The fourth-order valence-corrected chi connectivity index (χ4v) is 3.28. The monoisotopic (exact) mass is 326 g/mol. The zero-order valence-corrected chi connectivity index (χ0v) is 16.7. The summed E-state index contributed by atoms with van der Waals surface area (Å²) in [6.07, 6.45) is 4.03. The van der Waals surface area contributed by atoms with Crippen LogP contribution in [0.3, 0.4) is 0 Å². The third-order valence-electron chi connectivity index (χ3n) is 5.40. The third-order valence-corrected chi connectivity index (χ3v) is 5.40. The standard InChI is InChI=1S/C19H42N4/c1-7-20(3)11-9-13-22(5)16-18-15-19(18)17-23(6)14-10-12-21(4)8-2/h18-19H,7-17H2,1-6H3. The summed E-state index contributed by atoms with van der Waals surface area (Å²) in [6.45, 7) is 14.3. The van der Waals surface area contributed by atoms with Crippen molar-refractivity contribution in [1.82, 2.24) is 19.6 Å². The van der Waals surface area contributed by atoms with Crippen LogP contribution >= 0.6 is 0 Å². The molecule has 2 atom stereocenters. The summed E-state index contributed by atoms with van der Waals surface area (Å²) < 4.78 is 0.